The zero-order valence-electron chi connectivity index (χ0n) is 14.6. The lowest BCUT2D eigenvalue weighted by molar-refractivity contribution is 0.121. The number of fused-ring (bicyclic) bond motifs is 1. The second kappa shape index (κ2) is 7.33. The molecule has 25 heavy (non-hydrogen) atoms. The van der Waals surface area contributed by atoms with E-state index in [2.05, 4.69) is 50.4 Å². The third-order valence-corrected chi connectivity index (χ3v) is 4.78. The Morgan fingerprint density at radius 2 is 2.24 bits per heavy atom. The quantitative estimate of drug-likeness (QED) is 0.796. The minimum Gasteiger partial charge on any atom is -0.380 e. The molecule has 0 spiro atoms. The van der Waals surface area contributed by atoms with Crippen LogP contribution >= 0.6 is 0 Å². The molecule has 1 aliphatic rings. The Hall–Kier alpha value is -2.24. The summed E-state index contributed by atoms with van der Waals surface area (Å²) in [5.74, 6) is 0.497. The Kier molecular flexibility index (Phi) is 4.76. The Balaban J connectivity index is 1.44. The number of hydrogen-bond acceptors (Lipinski definition) is 4. The molecule has 2 aromatic heterocycles. The maximum atomic E-state index is 5.86. The second-order valence-electron chi connectivity index (χ2n) is 6.94. The number of nitrogens with zero attached hydrogens (tertiary/aromatic N) is 3. The number of pyridine rings is 1. The van der Waals surface area contributed by atoms with Crippen molar-refractivity contribution < 1.29 is 4.74 Å². The number of ether oxygens (including phenoxy) is 1. The van der Waals surface area contributed by atoms with Gasteiger partial charge in [-0.15, -0.1) is 0 Å². The summed E-state index contributed by atoms with van der Waals surface area (Å²) in [5.41, 5.74) is 4.65. The second-order valence-corrected chi connectivity index (χ2v) is 6.94. The van der Waals surface area contributed by atoms with Gasteiger partial charge in [-0.2, -0.15) is 5.10 Å². The van der Waals surface area contributed by atoms with Crippen LogP contribution < -0.4 is 0 Å². The molecule has 0 amide bonds. The van der Waals surface area contributed by atoms with Crippen molar-refractivity contribution in [3.63, 3.8) is 0 Å². The molecule has 0 radical (unpaired) electrons. The van der Waals surface area contributed by atoms with E-state index in [1.165, 1.54) is 10.9 Å². The average molecular weight is 336 g/mol. The molecule has 1 aromatic carbocycles. The molecular weight excluding hydrogens is 312 g/mol. The van der Waals surface area contributed by atoms with Crippen LogP contribution in [0.25, 0.3) is 10.9 Å². The molecule has 5 heteroatoms. The number of nitrogens with one attached hydrogen (secondary N) is 1. The summed E-state index contributed by atoms with van der Waals surface area (Å²) < 4.78 is 5.86. The van der Waals surface area contributed by atoms with Gasteiger partial charge in [0.05, 0.1) is 30.6 Å². The first-order valence-corrected chi connectivity index (χ1v) is 8.91. The van der Waals surface area contributed by atoms with Crippen molar-refractivity contribution in [2.45, 2.75) is 19.9 Å². The fourth-order valence-electron chi connectivity index (χ4n) is 3.59. The molecule has 5 nitrogen and oxygen atoms in total. The Bertz CT molecular complexity index is 844. The summed E-state index contributed by atoms with van der Waals surface area (Å²) in [7, 11) is 0. The minimum absolute atomic E-state index is 0.497. The van der Waals surface area contributed by atoms with Gasteiger partial charge in [0.2, 0.25) is 0 Å². The molecule has 3 heterocycles. The summed E-state index contributed by atoms with van der Waals surface area (Å²) in [5, 5.41) is 8.29. The van der Waals surface area contributed by atoms with Crippen LogP contribution in [0.5, 0.6) is 0 Å². The maximum absolute atomic E-state index is 5.86. The van der Waals surface area contributed by atoms with Crippen molar-refractivity contribution in [1.82, 2.24) is 20.1 Å². The smallest absolute Gasteiger partial charge is 0.0650 e. The zero-order chi connectivity index (χ0) is 17.1. The van der Waals surface area contributed by atoms with Crippen LogP contribution in [0.2, 0.25) is 0 Å². The van der Waals surface area contributed by atoms with Crippen LogP contribution in [-0.2, 0) is 17.7 Å². The molecule has 0 bridgehead atoms. The fourth-order valence-corrected chi connectivity index (χ4v) is 3.59. The molecule has 130 valence electrons. The average Bonchev–Trinajstić information content (AvgIpc) is 2.95. The summed E-state index contributed by atoms with van der Waals surface area (Å²) >= 11 is 0. The summed E-state index contributed by atoms with van der Waals surface area (Å²) in [6, 6.07) is 12.8. The number of aromatic amines is 1. The van der Waals surface area contributed by atoms with Gasteiger partial charge in [0, 0.05) is 30.7 Å². The first-order valence-electron chi connectivity index (χ1n) is 8.91. The van der Waals surface area contributed by atoms with E-state index in [1.807, 2.05) is 19.2 Å². The van der Waals surface area contributed by atoms with E-state index in [9.17, 15) is 0 Å². The topological polar surface area (TPSA) is 54.0 Å². The normalized spacial score (nSPS) is 19.2. The Morgan fingerprint density at radius 1 is 1.28 bits per heavy atom. The molecule has 3 aromatic rings. The van der Waals surface area contributed by atoms with E-state index in [-0.39, 0.29) is 0 Å². The van der Waals surface area contributed by atoms with Gasteiger partial charge in [0.1, 0.15) is 0 Å². The number of benzene rings is 1. The summed E-state index contributed by atoms with van der Waals surface area (Å²) in [4.78, 5) is 7.11. The van der Waals surface area contributed by atoms with Crippen LogP contribution in [0.1, 0.15) is 17.0 Å². The van der Waals surface area contributed by atoms with Crippen molar-refractivity contribution in [2.75, 3.05) is 26.3 Å². The third-order valence-electron chi connectivity index (χ3n) is 4.78. The first-order chi connectivity index (χ1) is 12.3. The molecule has 1 saturated heterocycles. The number of rotatable bonds is 4. The van der Waals surface area contributed by atoms with Crippen molar-refractivity contribution in [3.05, 3.63) is 59.5 Å². The van der Waals surface area contributed by atoms with Crippen LogP contribution in [0, 0.1) is 12.8 Å². The maximum Gasteiger partial charge on any atom is 0.0650 e. The Morgan fingerprint density at radius 3 is 3.16 bits per heavy atom. The third kappa shape index (κ3) is 4.06. The minimum atomic E-state index is 0.497. The predicted molar refractivity (Wildman–Crippen MR) is 98.4 cm³/mol. The number of H-pyrrole nitrogens is 1. The van der Waals surface area contributed by atoms with Crippen LogP contribution in [0.3, 0.4) is 0 Å². The predicted octanol–water partition coefficient (Wildman–Crippen LogP) is 2.96. The molecule has 4 rings (SSSR count). The van der Waals surface area contributed by atoms with Gasteiger partial charge in [0.25, 0.3) is 0 Å². The number of aryl methyl sites for hydroxylation is 1. The molecule has 1 aliphatic heterocycles. The first kappa shape index (κ1) is 16.2. The Labute approximate surface area is 148 Å². The highest BCUT2D eigenvalue weighted by atomic mass is 16.5. The number of aromatic nitrogens is 3. The van der Waals surface area contributed by atoms with Gasteiger partial charge in [-0.25, -0.2) is 0 Å². The van der Waals surface area contributed by atoms with Crippen molar-refractivity contribution in [2.24, 2.45) is 5.92 Å². The summed E-state index contributed by atoms with van der Waals surface area (Å²) in [6.45, 7) is 6.56. The van der Waals surface area contributed by atoms with Gasteiger partial charge in [-0.1, -0.05) is 12.1 Å². The van der Waals surface area contributed by atoms with Crippen LogP contribution in [0.15, 0.2) is 42.6 Å². The highest BCUT2D eigenvalue weighted by molar-refractivity contribution is 5.78. The van der Waals surface area contributed by atoms with E-state index in [1.54, 1.807) is 0 Å². The van der Waals surface area contributed by atoms with Gasteiger partial charge < -0.3 is 4.74 Å². The molecule has 1 atom stereocenters. The van der Waals surface area contributed by atoms with Crippen molar-refractivity contribution in [1.29, 1.82) is 0 Å². The van der Waals surface area contributed by atoms with E-state index in [0.717, 1.165) is 56.2 Å². The lowest BCUT2D eigenvalue weighted by Gasteiger charge is -2.23. The van der Waals surface area contributed by atoms with Crippen molar-refractivity contribution in [3.8, 4) is 0 Å². The van der Waals surface area contributed by atoms with Crippen LogP contribution in [0.4, 0.5) is 0 Å². The molecule has 1 fully saturated rings. The van der Waals surface area contributed by atoms with Gasteiger partial charge in [0.15, 0.2) is 0 Å². The lowest BCUT2D eigenvalue weighted by Crippen LogP contribution is -2.30. The van der Waals surface area contributed by atoms with Crippen LogP contribution in [-0.4, -0.2) is 46.4 Å². The molecular formula is C20H24N4O. The van der Waals surface area contributed by atoms with E-state index in [4.69, 9.17) is 4.74 Å². The highest BCUT2D eigenvalue weighted by Crippen LogP contribution is 2.19. The molecule has 0 aliphatic carbocycles. The highest BCUT2D eigenvalue weighted by Gasteiger charge is 2.19. The van der Waals surface area contributed by atoms with Gasteiger partial charge in [-0.05, 0) is 49.1 Å². The number of hydrogen-bond donors (Lipinski definition) is 1. The van der Waals surface area contributed by atoms with E-state index < -0.39 is 0 Å². The van der Waals surface area contributed by atoms with Gasteiger partial charge in [-0.3, -0.25) is 15.0 Å². The largest absolute Gasteiger partial charge is 0.380 e. The molecule has 0 saturated carbocycles. The summed E-state index contributed by atoms with van der Waals surface area (Å²) in [6.07, 6.45) is 2.91. The molecule has 0 unspecified atom stereocenters. The lowest BCUT2D eigenvalue weighted by atomic mass is 9.98. The monoisotopic (exact) mass is 336 g/mol. The SMILES string of the molecule is Cc1cccc(CN2CCOC[C@@H](Cc3ccc4[nH]ncc4c3)C2)n1. The van der Waals surface area contributed by atoms with E-state index in [0.29, 0.717) is 5.92 Å². The standard InChI is InChI=1S/C20H24N4O/c1-15-3-2-4-19(22-15)13-24-7-8-25-14-17(12-24)9-16-5-6-20-18(10-16)11-21-23-20/h2-6,10-11,17H,7-9,12-14H2,1H3,(H,21,23)/t17-/m0/s1. The zero-order valence-corrected chi connectivity index (χ0v) is 14.6. The fraction of sp³-hybridized carbons (Fsp3) is 0.400. The molecule has 1 N–H and O–H groups in total. The van der Waals surface area contributed by atoms with E-state index >= 15 is 0 Å². The van der Waals surface area contributed by atoms with Gasteiger partial charge >= 0.3 is 0 Å². The van der Waals surface area contributed by atoms with Crippen molar-refractivity contribution >= 4 is 10.9 Å².